The number of fused-ring (bicyclic) bond motifs is 1. The lowest BCUT2D eigenvalue weighted by atomic mass is 9.77. The fraction of sp³-hybridized carbons (Fsp3) is 0.471. The molecule has 1 aliphatic carbocycles. The van der Waals surface area contributed by atoms with Crippen LogP contribution in [0.5, 0.6) is 0 Å². The van der Waals surface area contributed by atoms with E-state index in [-0.39, 0.29) is 30.7 Å². The van der Waals surface area contributed by atoms with E-state index in [0.29, 0.717) is 5.52 Å². The van der Waals surface area contributed by atoms with Gasteiger partial charge in [-0.1, -0.05) is 12.1 Å². The highest BCUT2D eigenvalue weighted by Gasteiger charge is 2.44. The SMILES string of the molecule is O=C(O)C(C(=O)C1CCC(C(F)(F)F)CC1)c1nc2ccccc2s1. The molecule has 1 aromatic carbocycles. The zero-order valence-electron chi connectivity index (χ0n) is 13.1. The molecule has 134 valence electrons. The van der Waals surface area contributed by atoms with Crippen molar-refractivity contribution in [1.29, 1.82) is 0 Å². The highest BCUT2D eigenvalue weighted by molar-refractivity contribution is 7.18. The number of aromatic nitrogens is 1. The molecule has 1 atom stereocenters. The molecule has 0 spiro atoms. The average Bonchev–Trinajstić information content (AvgIpc) is 2.97. The fourth-order valence-electron chi connectivity index (χ4n) is 3.30. The highest BCUT2D eigenvalue weighted by atomic mass is 32.1. The van der Waals surface area contributed by atoms with E-state index < -0.39 is 35.7 Å². The van der Waals surface area contributed by atoms with Gasteiger partial charge in [-0.3, -0.25) is 9.59 Å². The molecule has 2 aromatic rings. The first-order valence-corrected chi connectivity index (χ1v) is 8.77. The van der Waals surface area contributed by atoms with Crippen molar-refractivity contribution in [3.05, 3.63) is 29.3 Å². The Morgan fingerprint density at radius 2 is 1.80 bits per heavy atom. The summed E-state index contributed by atoms with van der Waals surface area (Å²) in [4.78, 5) is 28.6. The van der Waals surface area contributed by atoms with Gasteiger partial charge >= 0.3 is 12.1 Å². The summed E-state index contributed by atoms with van der Waals surface area (Å²) in [6.45, 7) is 0. The third-order valence-electron chi connectivity index (χ3n) is 4.68. The van der Waals surface area contributed by atoms with Crippen LogP contribution in [0.4, 0.5) is 13.2 Å². The number of carbonyl (C=O) groups is 2. The molecule has 3 rings (SSSR count). The number of halogens is 3. The summed E-state index contributed by atoms with van der Waals surface area (Å²) >= 11 is 1.14. The average molecular weight is 371 g/mol. The summed E-state index contributed by atoms with van der Waals surface area (Å²) in [5.41, 5.74) is 0.613. The van der Waals surface area contributed by atoms with E-state index in [1.54, 1.807) is 24.3 Å². The Bertz CT molecular complexity index is 761. The van der Waals surface area contributed by atoms with E-state index in [0.717, 1.165) is 16.0 Å². The van der Waals surface area contributed by atoms with E-state index in [2.05, 4.69) is 4.98 Å². The number of carboxylic acids is 1. The second-order valence-electron chi connectivity index (χ2n) is 6.28. The molecule has 8 heteroatoms. The quantitative estimate of drug-likeness (QED) is 0.809. The number of nitrogens with zero attached hydrogens (tertiary/aromatic N) is 1. The molecule has 1 unspecified atom stereocenters. The summed E-state index contributed by atoms with van der Waals surface area (Å²) in [6.07, 6.45) is -4.39. The number of ketones is 1. The molecule has 1 saturated carbocycles. The molecule has 0 bridgehead atoms. The van der Waals surface area contributed by atoms with Gasteiger partial charge in [0.1, 0.15) is 5.01 Å². The van der Waals surface area contributed by atoms with Gasteiger partial charge in [0.25, 0.3) is 0 Å². The van der Waals surface area contributed by atoms with Crippen LogP contribution < -0.4 is 0 Å². The van der Waals surface area contributed by atoms with Crippen molar-refractivity contribution in [2.45, 2.75) is 37.8 Å². The Morgan fingerprint density at radius 3 is 2.36 bits per heavy atom. The molecular weight excluding hydrogens is 355 g/mol. The maximum absolute atomic E-state index is 12.8. The lowest BCUT2D eigenvalue weighted by Crippen LogP contribution is -2.34. The molecule has 0 saturated heterocycles. The van der Waals surface area contributed by atoms with Crippen LogP contribution in [0, 0.1) is 11.8 Å². The largest absolute Gasteiger partial charge is 0.480 e. The third kappa shape index (κ3) is 3.68. The monoisotopic (exact) mass is 371 g/mol. The predicted molar refractivity (Wildman–Crippen MR) is 86.5 cm³/mol. The van der Waals surface area contributed by atoms with E-state index in [1.165, 1.54) is 0 Å². The summed E-state index contributed by atoms with van der Waals surface area (Å²) in [7, 11) is 0. The number of alkyl halides is 3. The number of hydrogen-bond donors (Lipinski definition) is 1. The molecule has 1 aliphatic rings. The topological polar surface area (TPSA) is 67.3 Å². The van der Waals surface area contributed by atoms with Crippen LogP contribution in [0.25, 0.3) is 10.2 Å². The first-order valence-electron chi connectivity index (χ1n) is 7.96. The number of hydrogen-bond acceptors (Lipinski definition) is 4. The summed E-state index contributed by atoms with van der Waals surface area (Å²) in [5.74, 6) is -5.31. The maximum Gasteiger partial charge on any atom is 0.391 e. The standard InChI is InChI=1S/C17H16F3NO3S/c18-17(19,20)10-7-5-9(6-8-10)14(22)13(16(23)24)15-21-11-3-1-2-4-12(11)25-15/h1-4,9-10,13H,5-8H2,(H,23,24). The van der Waals surface area contributed by atoms with Crippen LogP contribution in [-0.2, 0) is 9.59 Å². The number of thiazole rings is 1. The van der Waals surface area contributed by atoms with Gasteiger partial charge in [0.05, 0.1) is 16.1 Å². The van der Waals surface area contributed by atoms with Gasteiger partial charge < -0.3 is 5.11 Å². The molecule has 25 heavy (non-hydrogen) atoms. The molecule has 1 fully saturated rings. The second kappa shape index (κ2) is 6.74. The molecular formula is C17H16F3NO3S. The van der Waals surface area contributed by atoms with Gasteiger partial charge in [0, 0.05) is 5.92 Å². The first-order chi connectivity index (χ1) is 11.8. The van der Waals surface area contributed by atoms with Crippen LogP contribution in [0.3, 0.4) is 0 Å². The number of rotatable bonds is 4. The van der Waals surface area contributed by atoms with Gasteiger partial charge in [0.15, 0.2) is 11.7 Å². The van der Waals surface area contributed by atoms with Crippen LogP contribution in [0.15, 0.2) is 24.3 Å². The lowest BCUT2D eigenvalue weighted by molar-refractivity contribution is -0.184. The molecule has 1 N–H and O–H groups in total. The van der Waals surface area contributed by atoms with Crippen LogP contribution >= 0.6 is 11.3 Å². The van der Waals surface area contributed by atoms with Crippen molar-refractivity contribution in [3.63, 3.8) is 0 Å². The van der Waals surface area contributed by atoms with Crippen LogP contribution in [0.2, 0.25) is 0 Å². The maximum atomic E-state index is 12.8. The number of aliphatic carboxylic acids is 1. The minimum absolute atomic E-state index is 0.0671. The number of benzene rings is 1. The zero-order chi connectivity index (χ0) is 18.2. The Morgan fingerprint density at radius 1 is 1.16 bits per heavy atom. The molecule has 1 heterocycles. The van der Waals surface area contributed by atoms with Gasteiger partial charge in [-0.2, -0.15) is 13.2 Å². The van der Waals surface area contributed by atoms with Crippen molar-refractivity contribution in [2.24, 2.45) is 11.8 Å². The number of carbonyl (C=O) groups excluding carboxylic acids is 1. The molecule has 1 aromatic heterocycles. The van der Waals surface area contributed by atoms with Crippen molar-refractivity contribution in [2.75, 3.05) is 0 Å². The van der Waals surface area contributed by atoms with Gasteiger partial charge in [-0.05, 0) is 37.8 Å². The van der Waals surface area contributed by atoms with E-state index in [9.17, 15) is 27.9 Å². The van der Waals surface area contributed by atoms with Gasteiger partial charge in [-0.25, -0.2) is 4.98 Å². The van der Waals surface area contributed by atoms with Crippen molar-refractivity contribution >= 4 is 33.3 Å². The molecule has 0 amide bonds. The number of Topliss-reactive ketones (excluding diaryl/α,β-unsaturated/α-hetero) is 1. The third-order valence-corrected chi connectivity index (χ3v) is 5.78. The Kier molecular flexibility index (Phi) is 4.81. The molecule has 4 nitrogen and oxygen atoms in total. The Hall–Kier alpha value is -1.96. The van der Waals surface area contributed by atoms with Gasteiger partial charge in [-0.15, -0.1) is 11.3 Å². The highest BCUT2D eigenvalue weighted by Crippen LogP contribution is 2.41. The second-order valence-corrected chi connectivity index (χ2v) is 7.35. The number of carboxylic acid groups (broad SMARTS) is 1. The van der Waals surface area contributed by atoms with Crippen molar-refractivity contribution < 1.29 is 27.9 Å². The summed E-state index contributed by atoms with van der Waals surface area (Å²) < 4.78 is 39.0. The normalized spacial score (nSPS) is 22.7. The van der Waals surface area contributed by atoms with Crippen molar-refractivity contribution in [1.82, 2.24) is 4.98 Å². The Labute approximate surface area is 145 Å². The van der Waals surface area contributed by atoms with E-state index in [4.69, 9.17) is 0 Å². The van der Waals surface area contributed by atoms with Crippen LogP contribution in [-0.4, -0.2) is 28.0 Å². The summed E-state index contributed by atoms with van der Waals surface area (Å²) in [6, 6.07) is 7.07. The van der Waals surface area contributed by atoms with E-state index >= 15 is 0 Å². The fourth-order valence-corrected chi connectivity index (χ4v) is 4.37. The van der Waals surface area contributed by atoms with Crippen LogP contribution in [0.1, 0.15) is 36.6 Å². The predicted octanol–water partition coefficient (Wildman–Crippen LogP) is 4.40. The van der Waals surface area contributed by atoms with Crippen molar-refractivity contribution in [3.8, 4) is 0 Å². The minimum atomic E-state index is -4.26. The first kappa shape index (κ1) is 17.8. The zero-order valence-corrected chi connectivity index (χ0v) is 13.9. The smallest absolute Gasteiger partial charge is 0.391 e. The van der Waals surface area contributed by atoms with E-state index in [1.807, 2.05) is 0 Å². The summed E-state index contributed by atoms with van der Waals surface area (Å²) in [5, 5.41) is 9.69. The number of para-hydroxylation sites is 1. The molecule has 0 aliphatic heterocycles. The Balaban J connectivity index is 1.79. The lowest BCUT2D eigenvalue weighted by Gasteiger charge is -2.29. The molecule has 0 radical (unpaired) electrons. The van der Waals surface area contributed by atoms with Gasteiger partial charge in [0.2, 0.25) is 0 Å². The minimum Gasteiger partial charge on any atom is -0.480 e.